The molecule has 1 aromatic heterocycles. The average Bonchev–Trinajstić information content (AvgIpc) is 3.00. The van der Waals surface area contributed by atoms with Crippen molar-refractivity contribution in [1.29, 1.82) is 0 Å². The van der Waals surface area contributed by atoms with E-state index >= 15 is 0 Å². The van der Waals surface area contributed by atoms with Gasteiger partial charge in [0.1, 0.15) is 0 Å². The summed E-state index contributed by atoms with van der Waals surface area (Å²) in [6, 6.07) is 6.02. The summed E-state index contributed by atoms with van der Waals surface area (Å²) in [4.78, 5) is 31.9. The van der Waals surface area contributed by atoms with Crippen molar-refractivity contribution in [3.63, 3.8) is 0 Å². The summed E-state index contributed by atoms with van der Waals surface area (Å²) in [5, 5.41) is 3.24. The monoisotopic (exact) mass is 492 g/mol. The molecule has 3 heterocycles. The van der Waals surface area contributed by atoms with E-state index in [4.69, 9.17) is 4.74 Å². The number of thiazole rings is 1. The summed E-state index contributed by atoms with van der Waals surface area (Å²) in [5.41, 5.74) is 1.22. The number of hydrogen-bond acceptors (Lipinski definition) is 7. The van der Waals surface area contributed by atoms with E-state index in [-0.39, 0.29) is 16.9 Å². The van der Waals surface area contributed by atoms with Crippen LogP contribution in [0, 0.1) is 0 Å². The first-order valence-corrected chi connectivity index (χ1v) is 13.5. The van der Waals surface area contributed by atoms with Crippen LogP contribution in [0.4, 0.5) is 9.93 Å². The summed E-state index contributed by atoms with van der Waals surface area (Å²) in [6.07, 6.45) is 4.09. The number of nitrogens with one attached hydrogen (secondary N) is 1. The molecule has 0 spiro atoms. The molecule has 2 aliphatic rings. The third kappa shape index (κ3) is 5.36. The number of ether oxygens (including phenoxy) is 1. The Hall–Kier alpha value is -2.50. The molecule has 2 aromatic rings. The summed E-state index contributed by atoms with van der Waals surface area (Å²) < 4.78 is 32.4. The van der Waals surface area contributed by atoms with Crippen molar-refractivity contribution in [3.05, 3.63) is 40.4 Å². The van der Waals surface area contributed by atoms with Crippen LogP contribution in [-0.2, 0) is 27.7 Å². The summed E-state index contributed by atoms with van der Waals surface area (Å²) in [5.74, 6) is -0.359. The quantitative estimate of drug-likeness (QED) is 0.685. The second kappa shape index (κ2) is 10.2. The van der Waals surface area contributed by atoms with Crippen molar-refractivity contribution >= 4 is 38.5 Å². The fourth-order valence-electron chi connectivity index (χ4n) is 4.00. The zero-order valence-corrected chi connectivity index (χ0v) is 20.2. The molecule has 0 unspecified atom stereocenters. The van der Waals surface area contributed by atoms with E-state index in [9.17, 15) is 18.0 Å². The molecular formula is C22H28N4O5S2. The van der Waals surface area contributed by atoms with Crippen LogP contribution in [0.2, 0.25) is 0 Å². The smallest absolute Gasteiger partial charge is 0.410 e. The highest BCUT2D eigenvalue weighted by molar-refractivity contribution is 7.89. The van der Waals surface area contributed by atoms with E-state index in [2.05, 4.69) is 10.3 Å². The number of nitrogens with zero attached hydrogens (tertiary/aromatic N) is 3. The topological polar surface area (TPSA) is 109 Å². The number of sulfonamides is 1. The summed E-state index contributed by atoms with van der Waals surface area (Å²) >= 11 is 1.33. The van der Waals surface area contributed by atoms with Crippen LogP contribution in [0.5, 0.6) is 0 Å². The van der Waals surface area contributed by atoms with Crippen LogP contribution >= 0.6 is 11.3 Å². The number of carbonyl (C=O) groups is 2. The van der Waals surface area contributed by atoms with Crippen LogP contribution in [0.25, 0.3) is 0 Å². The second-order valence-electron chi connectivity index (χ2n) is 8.06. The van der Waals surface area contributed by atoms with E-state index < -0.39 is 10.0 Å². The van der Waals surface area contributed by atoms with Gasteiger partial charge in [0.05, 0.1) is 23.7 Å². The van der Waals surface area contributed by atoms with Gasteiger partial charge < -0.3 is 9.64 Å². The van der Waals surface area contributed by atoms with Gasteiger partial charge in [0.15, 0.2) is 5.13 Å². The van der Waals surface area contributed by atoms with Crippen molar-refractivity contribution in [1.82, 2.24) is 14.2 Å². The fourth-order valence-corrected chi connectivity index (χ4v) is 6.53. The number of carbonyl (C=O) groups excluding carboxylic acids is 2. The molecule has 11 heteroatoms. The molecule has 33 heavy (non-hydrogen) atoms. The molecule has 0 aliphatic carbocycles. The van der Waals surface area contributed by atoms with E-state index in [1.54, 1.807) is 11.8 Å². The molecule has 178 valence electrons. The number of hydrogen-bond donors (Lipinski definition) is 1. The maximum Gasteiger partial charge on any atom is 0.410 e. The first-order chi connectivity index (χ1) is 15.9. The molecule has 9 nitrogen and oxygen atoms in total. The Bertz CT molecular complexity index is 1110. The van der Waals surface area contributed by atoms with Gasteiger partial charge in [-0.15, -0.1) is 0 Å². The Morgan fingerprint density at radius 2 is 1.79 bits per heavy atom. The van der Waals surface area contributed by atoms with Crippen molar-refractivity contribution in [3.8, 4) is 0 Å². The van der Waals surface area contributed by atoms with E-state index in [1.165, 1.54) is 39.9 Å². The molecule has 2 aliphatic heterocycles. The number of benzene rings is 1. The van der Waals surface area contributed by atoms with Gasteiger partial charge in [-0.2, -0.15) is 4.31 Å². The average molecular weight is 493 g/mol. The molecule has 0 atom stereocenters. The second-order valence-corrected chi connectivity index (χ2v) is 11.1. The highest BCUT2D eigenvalue weighted by Gasteiger charge is 2.27. The van der Waals surface area contributed by atoms with E-state index in [0.29, 0.717) is 49.9 Å². The maximum absolute atomic E-state index is 12.9. The Balaban J connectivity index is 1.41. The van der Waals surface area contributed by atoms with E-state index in [0.717, 1.165) is 36.3 Å². The zero-order valence-electron chi connectivity index (χ0n) is 18.6. The lowest BCUT2D eigenvalue weighted by atomic mass is 10.2. The fraction of sp³-hybridized carbons (Fsp3) is 0.500. The van der Waals surface area contributed by atoms with Gasteiger partial charge in [-0.3, -0.25) is 10.1 Å². The molecule has 4 rings (SSSR count). The van der Waals surface area contributed by atoms with Gasteiger partial charge >= 0.3 is 6.09 Å². The highest BCUT2D eigenvalue weighted by Crippen LogP contribution is 2.29. The van der Waals surface area contributed by atoms with Crippen molar-refractivity contribution in [2.45, 2.75) is 50.5 Å². The minimum atomic E-state index is -3.56. The van der Waals surface area contributed by atoms with Gasteiger partial charge in [-0.1, -0.05) is 24.2 Å². The third-order valence-electron chi connectivity index (χ3n) is 5.80. The number of amides is 2. The number of aromatic nitrogens is 1. The Labute approximate surface area is 197 Å². The lowest BCUT2D eigenvalue weighted by Crippen LogP contribution is -2.35. The van der Waals surface area contributed by atoms with Crippen LogP contribution in [0.3, 0.4) is 0 Å². The predicted molar refractivity (Wildman–Crippen MR) is 125 cm³/mol. The normalized spacial score (nSPS) is 17.2. The lowest BCUT2D eigenvalue weighted by Gasteiger charge is -2.24. The van der Waals surface area contributed by atoms with Crippen LogP contribution in [-0.4, -0.2) is 60.8 Å². The molecule has 1 aromatic carbocycles. The number of rotatable bonds is 5. The molecule has 0 bridgehead atoms. The van der Waals surface area contributed by atoms with Crippen molar-refractivity contribution in [2.24, 2.45) is 0 Å². The van der Waals surface area contributed by atoms with Crippen molar-refractivity contribution in [2.75, 3.05) is 31.6 Å². The molecule has 0 saturated carbocycles. The van der Waals surface area contributed by atoms with Crippen LogP contribution < -0.4 is 5.32 Å². The minimum Gasteiger partial charge on any atom is -0.450 e. The highest BCUT2D eigenvalue weighted by atomic mass is 32.2. The van der Waals surface area contributed by atoms with E-state index in [1.807, 2.05) is 0 Å². The zero-order chi connectivity index (χ0) is 23.4. The SMILES string of the molecule is CCOC(=O)N1CCc2nc(NC(=O)c3ccc(S(=O)(=O)N4CCCCCC4)cc3)sc2C1. The first kappa shape index (κ1) is 23.7. The maximum atomic E-state index is 12.9. The molecule has 0 radical (unpaired) electrons. The number of anilines is 1. The summed E-state index contributed by atoms with van der Waals surface area (Å²) in [6.45, 7) is 4.09. The molecule has 1 fully saturated rings. The molecule has 1 saturated heterocycles. The van der Waals surface area contributed by atoms with Gasteiger partial charge in [0.25, 0.3) is 5.91 Å². The minimum absolute atomic E-state index is 0.199. The Morgan fingerprint density at radius 3 is 2.45 bits per heavy atom. The largest absolute Gasteiger partial charge is 0.450 e. The number of fused-ring (bicyclic) bond motifs is 1. The standard InChI is InChI=1S/C22H28N4O5S2/c1-2-31-22(28)25-14-11-18-19(15-25)32-21(23-18)24-20(27)16-7-9-17(10-8-16)33(29,30)26-12-5-3-4-6-13-26/h7-10H,2-6,11-15H2,1H3,(H,23,24,27). The molecular weight excluding hydrogens is 464 g/mol. The van der Waals surface area contributed by atoms with Gasteiger partial charge in [0.2, 0.25) is 10.0 Å². The molecule has 2 amide bonds. The third-order valence-corrected chi connectivity index (χ3v) is 8.71. The lowest BCUT2D eigenvalue weighted by molar-refractivity contribution is 0.102. The first-order valence-electron chi connectivity index (χ1n) is 11.2. The van der Waals surface area contributed by atoms with Crippen LogP contribution in [0.1, 0.15) is 53.5 Å². The van der Waals surface area contributed by atoms with Crippen molar-refractivity contribution < 1.29 is 22.7 Å². The summed E-state index contributed by atoms with van der Waals surface area (Å²) in [7, 11) is -3.56. The van der Waals surface area contributed by atoms with Gasteiger partial charge in [-0.25, -0.2) is 18.2 Å². The Kier molecular flexibility index (Phi) is 7.30. The Morgan fingerprint density at radius 1 is 1.09 bits per heavy atom. The van der Waals surface area contributed by atoms with Crippen LogP contribution in [0.15, 0.2) is 29.2 Å². The predicted octanol–water partition coefficient (Wildman–Crippen LogP) is 3.47. The van der Waals surface area contributed by atoms with Gasteiger partial charge in [-0.05, 0) is 44.0 Å². The van der Waals surface area contributed by atoms with Gasteiger partial charge in [0, 0.05) is 36.5 Å². The molecule has 1 N–H and O–H groups in total.